The minimum Gasteiger partial charge on any atom is -0.296 e. The lowest BCUT2D eigenvalue weighted by molar-refractivity contribution is 0.106. The van der Waals surface area contributed by atoms with Crippen molar-refractivity contribution >= 4 is 59.3 Å². The van der Waals surface area contributed by atoms with E-state index in [1.165, 1.54) is 9.00 Å². The molecule has 0 radical (unpaired) electrons. The van der Waals surface area contributed by atoms with Gasteiger partial charge in [-0.05, 0) is 21.1 Å². The molecule has 2 nitrogen and oxygen atoms in total. The molecule has 0 bridgehead atoms. The van der Waals surface area contributed by atoms with Gasteiger partial charge in [0.15, 0.2) is 0 Å². The Bertz CT molecular complexity index is 735. The zero-order valence-corrected chi connectivity index (χ0v) is 17.5. The van der Waals surface area contributed by atoms with E-state index in [4.69, 9.17) is 5.41 Å². The standard InChI is InChI=1S/C16H21NOS2Si2/c1-21(2,3)11-7-9-13(17)14(18)10-8-12(22(4,5)6)20-16(10)15(9)19-11/h7-8,17H,1-6H3. The quantitative estimate of drug-likeness (QED) is 0.801. The first kappa shape index (κ1) is 16.0. The van der Waals surface area contributed by atoms with Crippen molar-refractivity contribution in [2.24, 2.45) is 0 Å². The Kier molecular flexibility index (Phi) is 3.53. The highest BCUT2D eigenvalue weighted by Crippen LogP contribution is 2.40. The molecule has 1 aliphatic rings. The predicted molar refractivity (Wildman–Crippen MR) is 105 cm³/mol. The molecule has 0 spiro atoms. The van der Waals surface area contributed by atoms with Gasteiger partial charge in [0.05, 0.1) is 25.9 Å². The number of carbonyl (C=O) groups is 1. The summed E-state index contributed by atoms with van der Waals surface area (Å²) in [5.74, 6) is -0.0943. The molecule has 2 heterocycles. The van der Waals surface area contributed by atoms with Crippen LogP contribution in [0.25, 0.3) is 9.75 Å². The van der Waals surface area contributed by atoms with Crippen molar-refractivity contribution in [1.82, 2.24) is 0 Å². The first-order valence-electron chi connectivity index (χ1n) is 7.43. The Morgan fingerprint density at radius 2 is 1.23 bits per heavy atom. The summed E-state index contributed by atoms with van der Waals surface area (Å²) in [7, 11) is -2.87. The van der Waals surface area contributed by atoms with Crippen molar-refractivity contribution in [1.29, 1.82) is 5.41 Å². The Balaban J connectivity index is 2.26. The molecule has 116 valence electrons. The van der Waals surface area contributed by atoms with Gasteiger partial charge in [-0.3, -0.25) is 10.2 Å². The average Bonchev–Trinajstić information content (AvgIpc) is 2.98. The zero-order valence-electron chi connectivity index (χ0n) is 13.9. The van der Waals surface area contributed by atoms with Crippen molar-refractivity contribution < 1.29 is 4.79 Å². The van der Waals surface area contributed by atoms with Crippen LogP contribution in [0, 0.1) is 5.41 Å². The second-order valence-electron chi connectivity index (χ2n) is 7.91. The maximum absolute atomic E-state index is 12.6. The van der Waals surface area contributed by atoms with E-state index in [9.17, 15) is 4.79 Å². The molecule has 2 aromatic rings. The predicted octanol–water partition coefficient (Wildman–Crippen LogP) is 4.13. The van der Waals surface area contributed by atoms with Crippen LogP contribution < -0.4 is 9.00 Å². The van der Waals surface area contributed by atoms with E-state index in [0.29, 0.717) is 0 Å². The Labute approximate surface area is 141 Å². The number of rotatable bonds is 2. The fraction of sp³-hybridized carbons (Fsp3) is 0.375. The maximum Gasteiger partial charge on any atom is 0.212 e. The van der Waals surface area contributed by atoms with Crippen molar-refractivity contribution in [2.45, 2.75) is 39.3 Å². The minimum absolute atomic E-state index is 0.0943. The van der Waals surface area contributed by atoms with Crippen LogP contribution in [0.15, 0.2) is 12.1 Å². The average molecular weight is 364 g/mol. The lowest BCUT2D eigenvalue weighted by Crippen LogP contribution is -2.35. The monoisotopic (exact) mass is 363 g/mol. The van der Waals surface area contributed by atoms with Crippen LogP contribution in [0.2, 0.25) is 39.3 Å². The van der Waals surface area contributed by atoms with E-state index in [-0.39, 0.29) is 11.5 Å². The summed E-state index contributed by atoms with van der Waals surface area (Å²) in [6.45, 7) is 13.9. The molecule has 2 aromatic heterocycles. The number of fused-ring (bicyclic) bond motifs is 3. The molecule has 0 aromatic carbocycles. The SMILES string of the molecule is C[Si](C)(C)c1cc2c(s1)-c1sc([Si](C)(C)C)cc1C(=O)C2=N. The van der Waals surface area contributed by atoms with Crippen molar-refractivity contribution in [3.8, 4) is 9.75 Å². The molecule has 0 saturated carbocycles. The van der Waals surface area contributed by atoms with Gasteiger partial charge in [0.2, 0.25) is 5.78 Å². The summed E-state index contributed by atoms with van der Waals surface area (Å²) in [6, 6.07) is 4.18. The molecule has 0 saturated heterocycles. The molecule has 22 heavy (non-hydrogen) atoms. The topological polar surface area (TPSA) is 40.9 Å². The number of nitrogens with one attached hydrogen (secondary N) is 1. The highest BCUT2D eigenvalue weighted by Gasteiger charge is 2.35. The minimum atomic E-state index is -1.44. The van der Waals surface area contributed by atoms with Crippen LogP contribution in [0.5, 0.6) is 0 Å². The van der Waals surface area contributed by atoms with Gasteiger partial charge in [0.1, 0.15) is 5.71 Å². The highest BCUT2D eigenvalue weighted by molar-refractivity contribution is 7.34. The third kappa shape index (κ3) is 2.42. The van der Waals surface area contributed by atoms with E-state index >= 15 is 0 Å². The first-order valence-corrected chi connectivity index (χ1v) is 16.1. The fourth-order valence-corrected chi connectivity index (χ4v) is 8.67. The molecule has 3 rings (SSSR count). The maximum atomic E-state index is 12.6. The van der Waals surface area contributed by atoms with Crippen LogP contribution >= 0.6 is 22.7 Å². The van der Waals surface area contributed by atoms with Gasteiger partial charge in [-0.25, -0.2) is 0 Å². The number of thiophene rings is 2. The number of hydrogen-bond acceptors (Lipinski definition) is 4. The Hall–Kier alpha value is -0.826. The molecule has 1 aliphatic carbocycles. The molecule has 0 fully saturated rings. The van der Waals surface area contributed by atoms with Crippen LogP contribution in [0.3, 0.4) is 0 Å². The molecule has 0 amide bonds. The Morgan fingerprint density at radius 1 is 0.818 bits per heavy atom. The van der Waals surface area contributed by atoms with Gasteiger partial charge in [-0.1, -0.05) is 39.3 Å². The summed E-state index contributed by atoms with van der Waals surface area (Å²) in [4.78, 5) is 14.9. The molecular formula is C16H21NOS2Si2. The number of hydrogen-bond donors (Lipinski definition) is 1. The summed E-state index contributed by atoms with van der Waals surface area (Å²) in [6.07, 6.45) is 0. The lowest BCUT2D eigenvalue weighted by Gasteiger charge is -2.12. The molecule has 6 heteroatoms. The molecular weight excluding hydrogens is 342 g/mol. The molecule has 0 atom stereocenters. The van der Waals surface area contributed by atoms with Gasteiger partial charge < -0.3 is 0 Å². The van der Waals surface area contributed by atoms with Crippen LogP contribution in [0.1, 0.15) is 15.9 Å². The van der Waals surface area contributed by atoms with Gasteiger partial charge in [0, 0.05) is 11.1 Å². The Morgan fingerprint density at radius 3 is 1.68 bits per heavy atom. The fourth-order valence-electron chi connectivity index (χ4n) is 2.47. The second-order valence-corrected chi connectivity index (χ2v) is 20.8. The number of ketones is 1. The van der Waals surface area contributed by atoms with Gasteiger partial charge in [-0.2, -0.15) is 0 Å². The van der Waals surface area contributed by atoms with Crippen molar-refractivity contribution in [2.75, 3.05) is 0 Å². The normalized spacial score (nSPS) is 15.0. The largest absolute Gasteiger partial charge is 0.296 e. The third-order valence-electron chi connectivity index (χ3n) is 3.89. The molecule has 0 aliphatic heterocycles. The lowest BCUT2D eigenvalue weighted by atomic mass is 9.95. The second kappa shape index (κ2) is 4.83. The van der Waals surface area contributed by atoms with Gasteiger partial charge in [0.25, 0.3) is 0 Å². The molecule has 0 unspecified atom stereocenters. The van der Waals surface area contributed by atoms with E-state index in [1.807, 2.05) is 11.3 Å². The third-order valence-corrected chi connectivity index (χ3v) is 13.5. The summed E-state index contributed by atoms with van der Waals surface area (Å²) in [5, 5.41) is 8.28. The zero-order chi connectivity index (χ0) is 16.4. The number of Topliss-reactive ketones (excluding diaryl/α,β-unsaturated/α-hetero) is 1. The number of carbonyl (C=O) groups excluding carboxylic acids is 1. The van der Waals surface area contributed by atoms with Crippen LogP contribution in [-0.2, 0) is 0 Å². The van der Waals surface area contributed by atoms with E-state index in [2.05, 4.69) is 51.4 Å². The smallest absolute Gasteiger partial charge is 0.212 e. The van der Waals surface area contributed by atoms with Crippen molar-refractivity contribution in [3.05, 3.63) is 23.3 Å². The van der Waals surface area contributed by atoms with E-state index in [1.54, 1.807) is 11.3 Å². The summed E-state index contributed by atoms with van der Waals surface area (Å²) < 4.78 is 2.74. The summed E-state index contributed by atoms with van der Waals surface area (Å²) >= 11 is 3.59. The first-order chi connectivity index (χ1) is 10.00. The highest BCUT2D eigenvalue weighted by atomic mass is 32.1. The van der Waals surface area contributed by atoms with Crippen LogP contribution in [0.4, 0.5) is 0 Å². The molecule has 1 N–H and O–H groups in total. The van der Waals surface area contributed by atoms with E-state index < -0.39 is 16.1 Å². The van der Waals surface area contributed by atoms with Crippen LogP contribution in [-0.4, -0.2) is 27.6 Å². The van der Waals surface area contributed by atoms with E-state index in [0.717, 1.165) is 20.9 Å². The summed E-state index contributed by atoms with van der Waals surface area (Å²) in [5.41, 5.74) is 1.82. The van der Waals surface area contributed by atoms with Crippen molar-refractivity contribution in [3.63, 3.8) is 0 Å². The van der Waals surface area contributed by atoms with Gasteiger partial charge in [-0.15, -0.1) is 22.7 Å². The van der Waals surface area contributed by atoms with Gasteiger partial charge >= 0.3 is 0 Å².